The van der Waals surface area contributed by atoms with Gasteiger partial charge in [0.1, 0.15) is 11.0 Å². The smallest absolute Gasteiger partial charge is 0.223 e. The van der Waals surface area contributed by atoms with Crippen LogP contribution in [0.3, 0.4) is 0 Å². The maximum Gasteiger partial charge on any atom is 0.223 e. The van der Waals surface area contributed by atoms with Gasteiger partial charge in [0.25, 0.3) is 0 Å². The minimum absolute atomic E-state index is 0.174. The van der Waals surface area contributed by atoms with E-state index in [0.717, 1.165) is 25.3 Å². The largest absolute Gasteiger partial charge is 0.368 e. The van der Waals surface area contributed by atoms with E-state index in [4.69, 9.17) is 17.3 Å². The molecule has 1 saturated heterocycles. The molecule has 7 heteroatoms. The number of halogens is 1. The molecule has 1 aromatic heterocycles. The summed E-state index contributed by atoms with van der Waals surface area (Å²) in [6, 6.07) is 1.70. The van der Waals surface area contributed by atoms with E-state index >= 15 is 0 Å². The maximum absolute atomic E-state index is 12.1. The molecule has 0 aromatic carbocycles. The van der Waals surface area contributed by atoms with E-state index in [1.165, 1.54) is 0 Å². The molecule has 0 bridgehead atoms. The Kier molecular flexibility index (Phi) is 5.22. The summed E-state index contributed by atoms with van der Waals surface area (Å²) in [6.45, 7) is 7.15. The highest BCUT2D eigenvalue weighted by Crippen LogP contribution is 2.19. The van der Waals surface area contributed by atoms with E-state index in [-0.39, 0.29) is 11.9 Å². The van der Waals surface area contributed by atoms with E-state index in [1.54, 1.807) is 6.07 Å². The molecule has 0 saturated carbocycles. The van der Waals surface area contributed by atoms with E-state index in [0.29, 0.717) is 30.6 Å². The number of aromatic nitrogens is 2. The van der Waals surface area contributed by atoms with Gasteiger partial charge in [0.15, 0.2) is 0 Å². The topological polar surface area (TPSA) is 75.4 Å². The third-order valence-corrected chi connectivity index (χ3v) is 3.78. The SMILES string of the molecule is CC(C)CCC(=O)N1CCN(c2cc(Cl)nc(N)n2)CC1. The Labute approximate surface area is 130 Å². The van der Waals surface area contributed by atoms with Crippen LogP contribution in [-0.2, 0) is 4.79 Å². The predicted molar refractivity (Wildman–Crippen MR) is 84.3 cm³/mol. The lowest BCUT2D eigenvalue weighted by Gasteiger charge is -2.35. The number of anilines is 2. The van der Waals surface area contributed by atoms with Crippen LogP contribution in [0.1, 0.15) is 26.7 Å². The van der Waals surface area contributed by atoms with Crippen LogP contribution in [0, 0.1) is 5.92 Å². The second-order valence-corrected chi connectivity index (χ2v) is 6.09. The number of hydrogen-bond donors (Lipinski definition) is 1. The van der Waals surface area contributed by atoms with E-state index < -0.39 is 0 Å². The molecule has 1 aliphatic rings. The van der Waals surface area contributed by atoms with Crippen molar-refractivity contribution in [3.05, 3.63) is 11.2 Å². The number of rotatable bonds is 4. The van der Waals surface area contributed by atoms with Crippen LogP contribution in [-0.4, -0.2) is 47.0 Å². The van der Waals surface area contributed by atoms with Gasteiger partial charge in [-0.3, -0.25) is 4.79 Å². The zero-order chi connectivity index (χ0) is 15.4. The molecule has 0 unspecified atom stereocenters. The van der Waals surface area contributed by atoms with Gasteiger partial charge in [-0.25, -0.2) is 4.98 Å². The molecule has 116 valence electrons. The number of amides is 1. The number of carbonyl (C=O) groups is 1. The summed E-state index contributed by atoms with van der Waals surface area (Å²) < 4.78 is 0. The quantitative estimate of drug-likeness (QED) is 0.858. The lowest BCUT2D eigenvalue weighted by atomic mass is 10.1. The van der Waals surface area contributed by atoms with Crippen molar-refractivity contribution in [3.63, 3.8) is 0 Å². The molecule has 6 nitrogen and oxygen atoms in total. The highest BCUT2D eigenvalue weighted by atomic mass is 35.5. The molecule has 2 N–H and O–H groups in total. The predicted octanol–water partition coefficient (Wildman–Crippen LogP) is 1.80. The molecule has 0 radical (unpaired) electrons. The lowest BCUT2D eigenvalue weighted by molar-refractivity contribution is -0.131. The Morgan fingerprint density at radius 3 is 2.57 bits per heavy atom. The normalized spacial score (nSPS) is 15.6. The molecule has 2 rings (SSSR count). The van der Waals surface area contributed by atoms with E-state index in [1.807, 2.05) is 4.90 Å². The molecule has 1 fully saturated rings. The van der Waals surface area contributed by atoms with Crippen molar-refractivity contribution >= 4 is 29.3 Å². The molecule has 0 aliphatic carbocycles. The Morgan fingerprint density at radius 2 is 2.00 bits per heavy atom. The molecular weight excluding hydrogens is 290 g/mol. The van der Waals surface area contributed by atoms with Crippen molar-refractivity contribution in [3.8, 4) is 0 Å². The fourth-order valence-corrected chi connectivity index (χ4v) is 2.52. The fraction of sp³-hybridized carbons (Fsp3) is 0.643. The summed E-state index contributed by atoms with van der Waals surface area (Å²) in [5.41, 5.74) is 5.61. The fourth-order valence-electron chi connectivity index (χ4n) is 2.34. The van der Waals surface area contributed by atoms with Gasteiger partial charge in [-0.05, 0) is 12.3 Å². The number of nitrogens with two attached hydrogens (primary N) is 1. The lowest BCUT2D eigenvalue weighted by Crippen LogP contribution is -2.49. The van der Waals surface area contributed by atoms with Crippen LogP contribution in [0.15, 0.2) is 6.07 Å². The first-order valence-electron chi connectivity index (χ1n) is 7.28. The number of hydrogen-bond acceptors (Lipinski definition) is 5. The van der Waals surface area contributed by atoms with Crippen LogP contribution in [0.4, 0.5) is 11.8 Å². The highest BCUT2D eigenvalue weighted by Gasteiger charge is 2.22. The van der Waals surface area contributed by atoms with Crippen molar-refractivity contribution in [2.24, 2.45) is 5.92 Å². The van der Waals surface area contributed by atoms with Gasteiger partial charge in [0.05, 0.1) is 0 Å². The maximum atomic E-state index is 12.1. The number of nitrogens with zero attached hydrogens (tertiary/aromatic N) is 4. The molecule has 1 aromatic rings. The summed E-state index contributed by atoms with van der Waals surface area (Å²) in [7, 11) is 0. The zero-order valence-corrected chi connectivity index (χ0v) is 13.3. The van der Waals surface area contributed by atoms with Crippen LogP contribution in [0.2, 0.25) is 5.15 Å². The second-order valence-electron chi connectivity index (χ2n) is 5.71. The van der Waals surface area contributed by atoms with Crippen LogP contribution >= 0.6 is 11.6 Å². The van der Waals surface area contributed by atoms with Gasteiger partial charge in [-0.15, -0.1) is 0 Å². The summed E-state index contributed by atoms with van der Waals surface area (Å²) in [5, 5.41) is 0.341. The zero-order valence-electron chi connectivity index (χ0n) is 12.5. The Morgan fingerprint density at radius 1 is 1.33 bits per heavy atom. The van der Waals surface area contributed by atoms with Crippen LogP contribution in [0.5, 0.6) is 0 Å². The monoisotopic (exact) mass is 311 g/mol. The van der Waals surface area contributed by atoms with Crippen molar-refractivity contribution in [2.45, 2.75) is 26.7 Å². The van der Waals surface area contributed by atoms with Crippen molar-refractivity contribution < 1.29 is 4.79 Å². The van der Waals surface area contributed by atoms with Gasteiger partial charge in [-0.1, -0.05) is 25.4 Å². The molecule has 21 heavy (non-hydrogen) atoms. The van der Waals surface area contributed by atoms with E-state index in [9.17, 15) is 4.79 Å². The highest BCUT2D eigenvalue weighted by molar-refractivity contribution is 6.29. The first-order valence-corrected chi connectivity index (χ1v) is 7.66. The van der Waals surface area contributed by atoms with Crippen LogP contribution in [0.25, 0.3) is 0 Å². The third kappa shape index (κ3) is 4.46. The number of carbonyl (C=O) groups excluding carboxylic acids is 1. The average Bonchev–Trinajstić information content (AvgIpc) is 2.44. The summed E-state index contributed by atoms with van der Waals surface area (Å²) in [5.74, 6) is 1.69. The van der Waals surface area contributed by atoms with Crippen molar-refractivity contribution in [1.29, 1.82) is 0 Å². The molecule has 0 atom stereocenters. The van der Waals surface area contributed by atoms with Gasteiger partial charge >= 0.3 is 0 Å². The Balaban J connectivity index is 1.89. The van der Waals surface area contributed by atoms with Gasteiger partial charge in [-0.2, -0.15) is 4.98 Å². The standard InChI is InChI=1S/C14H22ClN5O/c1-10(2)3-4-13(21)20-7-5-19(6-8-20)12-9-11(15)17-14(16)18-12/h9-10H,3-8H2,1-2H3,(H2,16,17,18). The van der Waals surface area contributed by atoms with E-state index in [2.05, 4.69) is 28.7 Å². The van der Waals surface area contributed by atoms with Crippen molar-refractivity contribution in [2.75, 3.05) is 36.8 Å². The molecule has 2 heterocycles. The number of piperazine rings is 1. The molecule has 1 aliphatic heterocycles. The molecule has 0 spiro atoms. The molecule has 1 amide bonds. The first kappa shape index (κ1) is 15.8. The second kappa shape index (κ2) is 6.93. The first-order chi connectivity index (χ1) is 9.95. The Bertz CT molecular complexity index is 480. The third-order valence-electron chi connectivity index (χ3n) is 3.59. The summed E-state index contributed by atoms with van der Waals surface area (Å²) >= 11 is 5.90. The van der Waals surface area contributed by atoms with Gasteiger partial charge in [0.2, 0.25) is 11.9 Å². The number of nitrogen functional groups attached to an aromatic ring is 1. The van der Waals surface area contributed by atoms with Crippen molar-refractivity contribution in [1.82, 2.24) is 14.9 Å². The summed E-state index contributed by atoms with van der Waals surface area (Å²) in [6.07, 6.45) is 1.57. The summed E-state index contributed by atoms with van der Waals surface area (Å²) in [4.78, 5) is 24.1. The molecular formula is C14H22ClN5O. The average molecular weight is 312 g/mol. The minimum Gasteiger partial charge on any atom is -0.368 e. The van der Waals surface area contributed by atoms with Crippen LogP contribution < -0.4 is 10.6 Å². The Hall–Kier alpha value is -1.56. The van der Waals surface area contributed by atoms with Gasteiger partial charge < -0.3 is 15.5 Å². The minimum atomic E-state index is 0.174. The van der Waals surface area contributed by atoms with Gasteiger partial charge in [0, 0.05) is 38.7 Å².